The van der Waals surface area contributed by atoms with Crippen LogP contribution in [0.1, 0.15) is 40.5 Å². The fraction of sp³-hybridized carbons (Fsp3) is 1.00. The molecule has 0 amide bonds. The van der Waals surface area contributed by atoms with E-state index in [4.69, 9.17) is 0 Å². The maximum Gasteiger partial charge on any atom is 0.00247 e. The molecule has 0 bridgehead atoms. The molecule has 2 heteroatoms. The van der Waals surface area contributed by atoms with Crippen molar-refractivity contribution in [2.45, 2.75) is 40.5 Å². The first-order chi connectivity index (χ1) is 8.15. The van der Waals surface area contributed by atoms with Crippen molar-refractivity contribution < 1.29 is 0 Å². The summed E-state index contributed by atoms with van der Waals surface area (Å²) in [4.78, 5) is 5.20. The summed E-state index contributed by atoms with van der Waals surface area (Å²) < 4.78 is 0. The first kappa shape index (κ1) is 15.0. The fourth-order valence-electron chi connectivity index (χ4n) is 3.30. The van der Waals surface area contributed by atoms with Crippen molar-refractivity contribution in [2.75, 3.05) is 39.8 Å². The quantitative estimate of drug-likeness (QED) is 0.732. The van der Waals surface area contributed by atoms with Crippen molar-refractivity contribution >= 4 is 0 Å². The van der Waals surface area contributed by atoms with Gasteiger partial charge in [0.05, 0.1) is 0 Å². The van der Waals surface area contributed by atoms with Gasteiger partial charge in [0, 0.05) is 19.6 Å². The summed E-state index contributed by atoms with van der Waals surface area (Å²) in [5.74, 6) is 2.81. The molecule has 2 heterocycles. The van der Waals surface area contributed by atoms with Crippen LogP contribution in [0.5, 0.6) is 0 Å². The van der Waals surface area contributed by atoms with Gasteiger partial charge < -0.3 is 9.80 Å². The second kappa shape index (κ2) is 7.38. The molecule has 0 aromatic heterocycles. The Morgan fingerprint density at radius 1 is 1.00 bits per heavy atom. The lowest BCUT2D eigenvalue weighted by Crippen LogP contribution is -2.49. The predicted molar refractivity (Wildman–Crippen MR) is 76.3 cm³/mol. The van der Waals surface area contributed by atoms with Gasteiger partial charge in [0.25, 0.3) is 0 Å². The minimum atomic E-state index is 0.822. The summed E-state index contributed by atoms with van der Waals surface area (Å²) in [6.07, 6.45) is 2.89. The predicted octanol–water partition coefficient (Wildman–Crippen LogP) is 2.94. The molecule has 0 aromatic carbocycles. The van der Waals surface area contributed by atoms with Gasteiger partial charge in [0.1, 0.15) is 0 Å². The second-order valence-electron chi connectivity index (χ2n) is 6.01. The van der Waals surface area contributed by atoms with E-state index in [9.17, 15) is 0 Å². The zero-order chi connectivity index (χ0) is 12.8. The van der Waals surface area contributed by atoms with Gasteiger partial charge in [-0.15, -0.1) is 0 Å². The Morgan fingerprint density at radius 3 is 2.29 bits per heavy atom. The van der Waals surface area contributed by atoms with E-state index in [1.807, 2.05) is 13.8 Å². The lowest BCUT2D eigenvalue weighted by Gasteiger charge is -2.44. The highest BCUT2D eigenvalue weighted by Crippen LogP contribution is 2.30. The van der Waals surface area contributed by atoms with Crippen molar-refractivity contribution in [3.05, 3.63) is 0 Å². The Hall–Kier alpha value is -0.0800. The molecule has 2 saturated heterocycles. The Labute approximate surface area is 108 Å². The first-order valence-electron chi connectivity index (χ1n) is 7.56. The largest absolute Gasteiger partial charge is 0.306 e. The van der Waals surface area contributed by atoms with E-state index in [-0.39, 0.29) is 0 Å². The van der Waals surface area contributed by atoms with Crippen LogP contribution < -0.4 is 0 Å². The smallest absolute Gasteiger partial charge is 0.00247 e. The third-order valence-electron chi connectivity index (χ3n) is 4.03. The van der Waals surface area contributed by atoms with Gasteiger partial charge in [-0.2, -0.15) is 0 Å². The number of rotatable bonds is 2. The highest BCUT2D eigenvalue weighted by Gasteiger charge is 2.32. The molecule has 2 fully saturated rings. The highest BCUT2D eigenvalue weighted by atomic mass is 15.2. The van der Waals surface area contributed by atoms with Gasteiger partial charge in [-0.1, -0.05) is 27.7 Å². The molecule has 0 aliphatic carbocycles. The van der Waals surface area contributed by atoms with E-state index in [1.165, 1.54) is 45.6 Å². The Balaban J connectivity index is 0.000000686. The molecular formula is C15H32N2. The topological polar surface area (TPSA) is 6.48 Å². The van der Waals surface area contributed by atoms with Crippen molar-refractivity contribution in [1.82, 2.24) is 9.80 Å². The molecule has 0 aromatic rings. The van der Waals surface area contributed by atoms with Crippen molar-refractivity contribution in [3.8, 4) is 0 Å². The molecule has 2 aliphatic heterocycles. The minimum Gasteiger partial charge on any atom is -0.306 e. The Kier molecular flexibility index (Phi) is 6.50. The first-order valence-corrected chi connectivity index (χ1v) is 7.56. The van der Waals surface area contributed by atoms with E-state index in [0.717, 1.165) is 17.8 Å². The van der Waals surface area contributed by atoms with Gasteiger partial charge in [0.15, 0.2) is 0 Å². The van der Waals surface area contributed by atoms with E-state index < -0.39 is 0 Å². The van der Waals surface area contributed by atoms with Crippen molar-refractivity contribution in [2.24, 2.45) is 17.8 Å². The number of piperidine rings is 2. The normalized spacial score (nSPS) is 30.7. The van der Waals surface area contributed by atoms with Crippen LogP contribution in [-0.4, -0.2) is 49.6 Å². The lowest BCUT2D eigenvalue weighted by atomic mass is 9.80. The molecule has 2 nitrogen and oxygen atoms in total. The monoisotopic (exact) mass is 240 g/mol. The molecular weight excluding hydrogens is 208 g/mol. The summed E-state index contributed by atoms with van der Waals surface area (Å²) in [5, 5.41) is 0. The standard InChI is InChI=1S/C13H26N2.C2H6/c1-11(2)8-15-7-5-12-4-6-14(3)9-13(12)10-15;1-2/h11-13H,4-10H2,1-3H3;1-2H3. The molecule has 2 unspecified atom stereocenters. The van der Waals surface area contributed by atoms with Gasteiger partial charge in [-0.25, -0.2) is 0 Å². The van der Waals surface area contributed by atoms with E-state index in [0.29, 0.717) is 0 Å². The molecule has 2 rings (SSSR count). The molecule has 102 valence electrons. The lowest BCUT2D eigenvalue weighted by molar-refractivity contribution is 0.0474. The number of nitrogens with zero attached hydrogens (tertiary/aromatic N) is 2. The molecule has 0 N–H and O–H groups in total. The molecule has 0 radical (unpaired) electrons. The van der Waals surface area contributed by atoms with E-state index >= 15 is 0 Å². The van der Waals surface area contributed by atoms with Gasteiger partial charge in [0.2, 0.25) is 0 Å². The summed E-state index contributed by atoms with van der Waals surface area (Å²) >= 11 is 0. The maximum atomic E-state index is 2.69. The Bertz CT molecular complexity index is 203. The van der Waals surface area contributed by atoms with Crippen LogP contribution >= 0.6 is 0 Å². The average molecular weight is 240 g/mol. The number of likely N-dealkylation sites (tertiary alicyclic amines) is 2. The van der Waals surface area contributed by atoms with Crippen LogP contribution in [0.4, 0.5) is 0 Å². The highest BCUT2D eigenvalue weighted by molar-refractivity contribution is 4.86. The van der Waals surface area contributed by atoms with Gasteiger partial charge >= 0.3 is 0 Å². The zero-order valence-electron chi connectivity index (χ0n) is 12.6. The van der Waals surface area contributed by atoms with Crippen LogP contribution in [0.15, 0.2) is 0 Å². The number of hydrogen-bond donors (Lipinski definition) is 0. The summed E-state index contributed by atoms with van der Waals surface area (Å²) in [6.45, 7) is 15.3. The molecule has 0 spiro atoms. The number of fused-ring (bicyclic) bond motifs is 1. The van der Waals surface area contributed by atoms with Crippen LogP contribution in [0.25, 0.3) is 0 Å². The van der Waals surface area contributed by atoms with E-state index in [2.05, 4.69) is 30.7 Å². The summed E-state index contributed by atoms with van der Waals surface area (Å²) in [6, 6.07) is 0. The van der Waals surface area contributed by atoms with Gasteiger partial charge in [-0.3, -0.25) is 0 Å². The third kappa shape index (κ3) is 4.59. The summed E-state index contributed by atoms with van der Waals surface area (Å²) in [7, 11) is 2.28. The summed E-state index contributed by atoms with van der Waals surface area (Å²) in [5.41, 5.74) is 0. The van der Waals surface area contributed by atoms with Crippen LogP contribution in [-0.2, 0) is 0 Å². The Morgan fingerprint density at radius 2 is 1.65 bits per heavy atom. The van der Waals surface area contributed by atoms with Crippen LogP contribution in [0.3, 0.4) is 0 Å². The van der Waals surface area contributed by atoms with Crippen molar-refractivity contribution in [3.63, 3.8) is 0 Å². The third-order valence-corrected chi connectivity index (χ3v) is 4.03. The van der Waals surface area contributed by atoms with E-state index in [1.54, 1.807) is 0 Å². The molecule has 0 saturated carbocycles. The minimum absolute atomic E-state index is 0.822. The number of hydrogen-bond acceptors (Lipinski definition) is 2. The zero-order valence-corrected chi connectivity index (χ0v) is 12.6. The molecule has 2 aliphatic rings. The SMILES string of the molecule is CC.CC(C)CN1CCC2CCN(C)CC2C1. The fourth-order valence-corrected chi connectivity index (χ4v) is 3.30. The molecule has 17 heavy (non-hydrogen) atoms. The van der Waals surface area contributed by atoms with Gasteiger partial charge in [-0.05, 0) is 50.7 Å². The average Bonchev–Trinajstić information content (AvgIpc) is 2.30. The molecule has 2 atom stereocenters. The van der Waals surface area contributed by atoms with Crippen LogP contribution in [0.2, 0.25) is 0 Å². The van der Waals surface area contributed by atoms with Crippen molar-refractivity contribution in [1.29, 1.82) is 0 Å². The maximum absolute atomic E-state index is 2.69. The van der Waals surface area contributed by atoms with Crippen LogP contribution in [0, 0.1) is 17.8 Å². The second-order valence-corrected chi connectivity index (χ2v) is 6.01.